The number of hydrogen-bond acceptors (Lipinski definition) is 9. The minimum absolute atomic E-state index is 0. The summed E-state index contributed by atoms with van der Waals surface area (Å²) in [6.07, 6.45) is 0.933. The van der Waals surface area contributed by atoms with Crippen molar-refractivity contribution in [2.45, 2.75) is 65.7 Å². The monoisotopic (exact) mass is 505 g/mol. The van der Waals surface area contributed by atoms with Gasteiger partial charge in [0.15, 0.2) is 5.58 Å². The number of anilines is 2. The number of pyridine rings is 1. The number of nitrogens with zero attached hydrogens (tertiary/aromatic N) is 3. The lowest BCUT2D eigenvalue weighted by Crippen LogP contribution is -2.35. The first-order valence-electron chi connectivity index (χ1n) is 11.8. The number of halogens is 1. The van der Waals surface area contributed by atoms with E-state index in [0.29, 0.717) is 47.3 Å². The summed E-state index contributed by atoms with van der Waals surface area (Å²) in [7, 11) is 0. The van der Waals surface area contributed by atoms with Crippen LogP contribution in [0.2, 0.25) is 0 Å². The molecular weight excluding hydrogens is 470 g/mol. The highest BCUT2D eigenvalue weighted by Crippen LogP contribution is 2.37. The van der Waals surface area contributed by atoms with E-state index in [0.717, 1.165) is 17.5 Å². The molecule has 1 fully saturated rings. The van der Waals surface area contributed by atoms with Gasteiger partial charge in [-0.1, -0.05) is 27.7 Å². The molecule has 0 radical (unpaired) electrons. The molecule has 0 unspecified atom stereocenters. The number of aliphatic hydroxyl groups excluding tert-OH is 3. The number of aryl methyl sites for hydroxylation is 2. The van der Waals surface area contributed by atoms with E-state index in [1.165, 1.54) is 0 Å². The highest BCUT2D eigenvalue weighted by atomic mass is 35.5. The van der Waals surface area contributed by atoms with Crippen molar-refractivity contribution in [3.63, 3.8) is 0 Å². The first-order chi connectivity index (χ1) is 16.1. The first kappa shape index (κ1) is 27.1. The molecule has 1 saturated carbocycles. The molecule has 9 nitrogen and oxygen atoms in total. The predicted molar refractivity (Wildman–Crippen MR) is 139 cm³/mol. The molecular formula is C25H36ClN5O4. The maximum Gasteiger partial charge on any atom is 0.224 e. The van der Waals surface area contributed by atoms with Gasteiger partial charge in [-0.05, 0) is 37.3 Å². The van der Waals surface area contributed by atoms with Crippen LogP contribution in [-0.2, 0) is 6.42 Å². The summed E-state index contributed by atoms with van der Waals surface area (Å²) in [4.78, 5) is 13.8. The highest BCUT2D eigenvalue weighted by molar-refractivity contribution is 5.86. The lowest BCUT2D eigenvalue weighted by atomic mass is 9.97. The number of aromatic nitrogens is 3. The molecule has 35 heavy (non-hydrogen) atoms. The molecule has 1 aliphatic carbocycles. The zero-order valence-corrected chi connectivity index (χ0v) is 21.7. The number of furan rings is 1. The average molecular weight is 506 g/mol. The van der Waals surface area contributed by atoms with Gasteiger partial charge < -0.3 is 30.4 Å². The quantitative estimate of drug-likeness (QED) is 0.326. The Kier molecular flexibility index (Phi) is 8.26. The van der Waals surface area contributed by atoms with E-state index in [1.54, 1.807) is 6.20 Å². The zero-order chi connectivity index (χ0) is 24.6. The van der Waals surface area contributed by atoms with Crippen molar-refractivity contribution in [1.82, 2.24) is 15.0 Å². The second-order valence-electron chi connectivity index (χ2n) is 10.4. The van der Waals surface area contributed by atoms with E-state index in [1.807, 2.05) is 19.1 Å². The van der Waals surface area contributed by atoms with Gasteiger partial charge in [-0.15, -0.1) is 12.4 Å². The lowest BCUT2D eigenvalue weighted by molar-refractivity contribution is 0.00446. The fourth-order valence-electron chi connectivity index (χ4n) is 4.33. The molecule has 192 valence electrons. The topological polar surface area (TPSA) is 137 Å². The van der Waals surface area contributed by atoms with Crippen LogP contribution in [0.15, 0.2) is 22.7 Å². The van der Waals surface area contributed by atoms with Crippen LogP contribution in [0.3, 0.4) is 0 Å². The van der Waals surface area contributed by atoms with Gasteiger partial charge in [0.25, 0.3) is 0 Å². The fourth-order valence-corrected chi connectivity index (χ4v) is 4.33. The molecule has 0 bridgehead atoms. The van der Waals surface area contributed by atoms with Gasteiger partial charge in [-0.2, -0.15) is 4.98 Å². The molecule has 4 atom stereocenters. The molecule has 0 aromatic carbocycles. The van der Waals surface area contributed by atoms with Crippen LogP contribution >= 0.6 is 12.4 Å². The lowest BCUT2D eigenvalue weighted by Gasteiger charge is -2.22. The Morgan fingerprint density at radius 1 is 1.14 bits per heavy atom. The zero-order valence-electron chi connectivity index (χ0n) is 20.9. The van der Waals surface area contributed by atoms with Crippen molar-refractivity contribution in [3.8, 4) is 11.3 Å². The molecule has 4 rings (SSSR count). The second-order valence-corrected chi connectivity index (χ2v) is 10.4. The Balaban J connectivity index is 0.00000342. The van der Waals surface area contributed by atoms with Gasteiger partial charge >= 0.3 is 0 Å². The summed E-state index contributed by atoms with van der Waals surface area (Å²) in [6.45, 7) is 10.8. The number of hydrogen-bond donors (Lipinski definition) is 5. The van der Waals surface area contributed by atoms with Crippen molar-refractivity contribution >= 4 is 35.1 Å². The van der Waals surface area contributed by atoms with E-state index < -0.39 is 24.2 Å². The summed E-state index contributed by atoms with van der Waals surface area (Å²) < 4.78 is 6.13. The Morgan fingerprint density at radius 3 is 2.51 bits per heavy atom. The van der Waals surface area contributed by atoms with Crippen molar-refractivity contribution in [3.05, 3.63) is 29.7 Å². The third-order valence-electron chi connectivity index (χ3n) is 6.29. The molecule has 5 N–H and O–H groups in total. The third-order valence-corrected chi connectivity index (χ3v) is 6.29. The third kappa shape index (κ3) is 5.86. The Labute approximate surface area is 211 Å². The van der Waals surface area contributed by atoms with Crippen LogP contribution in [0.4, 0.5) is 11.8 Å². The predicted octanol–water partition coefficient (Wildman–Crippen LogP) is 3.55. The van der Waals surface area contributed by atoms with Crippen LogP contribution in [0.5, 0.6) is 0 Å². The molecule has 0 spiro atoms. The summed E-state index contributed by atoms with van der Waals surface area (Å²) in [5.74, 6) is 1.17. The van der Waals surface area contributed by atoms with Gasteiger partial charge in [0, 0.05) is 30.1 Å². The van der Waals surface area contributed by atoms with E-state index >= 15 is 0 Å². The summed E-state index contributed by atoms with van der Waals surface area (Å²) in [5.41, 5.74) is 3.08. The van der Waals surface area contributed by atoms with Crippen LogP contribution in [0.25, 0.3) is 22.3 Å². The van der Waals surface area contributed by atoms with E-state index in [4.69, 9.17) is 9.40 Å². The fraction of sp³-hybridized carbons (Fsp3) is 0.560. The number of fused-ring (bicyclic) bond motifs is 1. The van der Waals surface area contributed by atoms with Crippen molar-refractivity contribution in [2.75, 3.05) is 23.8 Å². The van der Waals surface area contributed by atoms with Gasteiger partial charge in [0.2, 0.25) is 5.95 Å². The summed E-state index contributed by atoms with van der Waals surface area (Å²) in [5, 5.41) is 38.0. The summed E-state index contributed by atoms with van der Waals surface area (Å²) in [6, 6.07) is 3.48. The van der Waals surface area contributed by atoms with Gasteiger partial charge in [-0.3, -0.25) is 4.98 Å². The van der Waals surface area contributed by atoms with Crippen molar-refractivity contribution in [2.24, 2.45) is 11.3 Å². The molecule has 0 saturated heterocycles. The smallest absolute Gasteiger partial charge is 0.224 e. The Bertz CT molecular complexity index is 1160. The molecule has 0 aliphatic heterocycles. The second kappa shape index (κ2) is 10.7. The number of nitrogens with one attached hydrogen (secondary N) is 2. The van der Waals surface area contributed by atoms with E-state index in [2.05, 4.69) is 48.3 Å². The normalized spacial score (nSPS) is 22.3. The molecule has 3 aromatic rings. The van der Waals surface area contributed by atoms with Crippen molar-refractivity contribution < 1.29 is 19.7 Å². The minimum atomic E-state index is -1.03. The van der Waals surface area contributed by atoms with Crippen LogP contribution in [0.1, 0.15) is 45.5 Å². The average Bonchev–Trinajstić information content (AvgIpc) is 3.32. The molecule has 3 heterocycles. The standard InChI is InChI=1S/C25H35N5O4.ClH/c1-6-16-7-14-9-18(34-19(14)10-26-16)20-13(2)28-24(27-12-25(3,4)5)30-23(20)29-17-8-15(11-31)21(32)22(17)33;/h7,9-10,15,17,21-22,31-33H,6,8,11-12H2,1-5H3,(H2,27,28,29,30);1H/t15-,17-,21-,22+;/m1./s1. The maximum absolute atomic E-state index is 10.6. The Morgan fingerprint density at radius 2 is 1.89 bits per heavy atom. The van der Waals surface area contributed by atoms with Crippen molar-refractivity contribution in [1.29, 1.82) is 0 Å². The number of rotatable bonds is 7. The highest BCUT2D eigenvalue weighted by Gasteiger charge is 2.41. The molecule has 3 aromatic heterocycles. The molecule has 10 heteroatoms. The van der Waals surface area contributed by atoms with Gasteiger partial charge in [0.05, 0.1) is 29.6 Å². The maximum atomic E-state index is 10.6. The SMILES string of the molecule is CCc1cc2cc(-c3c(C)nc(NCC(C)(C)C)nc3N[C@@H]3C[C@H](CO)[C@@H](O)[C@H]3O)oc2cn1.Cl. The van der Waals surface area contributed by atoms with Gasteiger partial charge in [-0.25, -0.2) is 4.98 Å². The number of aliphatic hydroxyl groups is 3. The molecule has 0 amide bonds. The van der Waals surface area contributed by atoms with Crippen LogP contribution in [0, 0.1) is 18.3 Å². The van der Waals surface area contributed by atoms with Crippen LogP contribution in [-0.4, -0.2) is 61.7 Å². The first-order valence-corrected chi connectivity index (χ1v) is 11.8. The van der Waals surface area contributed by atoms with E-state index in [-0.39, 0.29) is 24.4 Å². The largest absolute Gasteiger partial charge is 0.454 e. The Hall–Kier alpha value is -2.46. The van der Waals surface area contributed by atoms with Crippen LogP contribution < -0.4 is 10.6 Å². The minimum Gasteiger partial charge on any atom is -0.454 e. The summed E-state index contributed by atoms with van der Waals surface area (Å²) >= 11 is 0. The van der Waals surface area contributed by atoms with Gasteiger partial charge in [0.1, 0.15) is 17.7 Å². The van der Waals surface area contributed by atoms with E-state index in [9.17, 15) is 15.3 Å². The molecule has 1 aliphatic rings.